The molecule has 0 radical (unpaired) electrons. The average Bonchev–Trinajstić information content (AvgIpc) is 3.37. The first kappa shape index (κ1) is 29.5. The number of imide groups is 2. The topological polar surface area (TPSA) is 104 Å². The number of amides is 4. The van der Waals surface area contributed by atoms with Crippen LogP contribution in [0, 0.1) is 23.6 Å². The fourth-order valence-corrected chi connectivity index (χ4v) is 8.52. The van der Waals surface area contributed by atoms with Crippen molar-refractivity contribution < 1.29 is 33.4 Å². The number of ether oxygens (including phenoxy) is 1. The van der Waals surface area contributed by atoms with E-state index in [2.05, 4.69) is 0 Å². The van der Waals surface area contributed by atoms with Crippen molar-refractivity contribution in [3.05, 3.63) is 95.8 Å². The van der Waals surface area contributed by atoms with Crippen molar-refractivity contribution >= 4 is 58.2 Å². The summed E-state index contributed by atoms with van der Waals surface area (Å²) < 4.78 is 19.5. The maximum atomic E-state index is 14.4. The van der Waals surface area contributed by atoms with Gasteiger partial charge in [0, 0.05) is 5.92 Å². The highest BCUT2D eigenvalue weighted by Crippen LogP contribution is 2.66. The Hall–Kier alpha value is -4.21. The predicted molar refractivity (Wildman–Crippen MR) is 165 cm³/mol. The van der Waals surface area contributed by atoms with Gasteiger partial charge in [0.05, 0.1) is 29.8 Å². The Balaban J connectivity index is 1.41. The lowest BCUT2D eigenvalue weighted by Gasteiger charge is -2.50. The third-order valence-corrected chi connectivity index (χ3v) is 10.9. The van der Waals surface area contributed by atoms with Crippen LogP contribution in [0.4, 0.5) is 15.8 Å². The van der Waals surface area contributed by atoms with Gasteiger partial charge in [0.1, 0.15) is 5.82 Å². The van der Waals surface area contributed by atoms with Gasteiger partial charge in [-0.3, -0.25) is 24.1 Å². The molecule has 1 N–H and O–H groups in total. The number of carbonyl (C=O) groups is 4. The van der Waals surface area contributed by atoms with Gasteiger partial charge in [-0.15, -0.1) is 23.2 Å². The van der Waals surface area contributed by atoms with Crippen LogP contribution in [0.1, 0.15) is 31.2 Å². The van der Waals surface area contributed by atoms with Crippen molar-refractivity contribution in [2.24, 2.45) is 17.8 Å². The summed E-state index contributed by atoms with van der Waals surface area (Å²) in [6, 6.07) is 18.0. The summed E-state index contributed by atoms with van der Waals surface area (Å²) in [6.07, 6.45) is 1.85. The number of carbonyl (C=O) groups excluding carboxylic acids is 4. The number of hydrogen-bond acceptors (Lipinski definition) is 6. The summed E-state index contributed by atoms with van der Waals surface area (Å²) in [5, 5.41) is 10.5. The quantitative estimate of drug-likeness (QED) is 0.216. The van der Waals surface area contributed by atoms with Gasteiger partial charge in [0.25, 0.3) is 11.8 Å². The Morgan fingerprint density at radius 3 is 2.27 bits per heavy atom. The molecule has 3 aromatic carbocycles. The molecule has 0 spiro atoms. The lowest BCUT2D eigenvalue weighted by Crippen LogP contribution is -2.60. The molecule has 0 aromatic heterocycles. The van der Waals surface area contributed by atoms with Crippen molar-refractivity contribution in [3.63, 3.8) is 0 Å². The average molecular weight is 650 g/mol. The number of phenols is 1. The predicted octanol–water partition coefficient (Wildman–Crippen LogP) is 5.70. The van der Waals surface area contributed by atoms with E-state index in [0.29, 0.717) is 16.8 Å². The van der Waals surface area contributed by atoms with Gasteiger partial charge in [0.2, 0.25) is 11.8 Å². The second kappa shape index (κ2) is 10.4. The summed E-state index contributed by atoms with van der Waals surface area (Å²) >= 11 is 14.8. The van der Waals surface area contributed by atoms with E-state index in [1.807, 2.05) is 6.08 Å². The number of halogens is 3. The van der Waals surface area contributed by atoms with Crippen LogP contribution in [-0.2, 0) is 19.2 Å². The first-order chi connectivity index (χ1) is 21.5. The normalized spacial score (nSPS) is 30.6. The maximum Gasteiger partial charge on any atom is 0.258 e. The van der Waals surface area contributed by atoms with Gasteiger partial charge >= 0.3 is 0 Å². The number of nitrogens with zero attached hydrogens (tertiary/aromatic N) is 2. The van der Waals surface area contributed by atoms with Crippen LogP contribution in [0.25, 0.3) is 0 Å². The number of para-hydroxylation sites is 1. The minimum absolute atomic E-state index is 0.0949. The molecule has 6 unspecified atom stereocenters. The lowest BCUT2D eigenvalue weighted by atomic mass is 9.56. The SMILES string of the molecule is CCOc1cc(C2C3=CCC4C(=O)N(c5ccccc5)C(=O)C4C3CC3(Cl)C(=O)N(c4ccc(F)cc4)C(=O)C23Cl)ccc1O. The van der Waals surface area contributed by atoms with Gasteiger partial charge in [-0.05, 0) is 79.8 Å². The van der Waals surface area contributed by atoms with Crippen molar-refractivity contribution in [3.8, 4) is 11.5 Å². The summed E-state index contributed by atoms with van der Waals surface area (Å²) in [5.41, 5.74) is 1.58. The van der Waals surface area contributed by atoms with Crippen LogP contribution in [0.5, 0.6) is 11.5 Å². The molecule has 7 rings (SSSR count). The van der Waals surface area contributed by atoms with Crippen molar-refractivity contribution in [2.45, 2.75) is 35.4 Å². The first-order valence-corrected chi connectivity index (χ1v) is 15.4. The third kappa shape index (κ3) is 4.03. The van der Waals surface area contributed by atoms with Crippen LogP contribution in [0.2, 0.25) is 0 Å². The number of alkyl halides is 2. The molecule has 2 saturated heterocycles. The molecule has 6 atom stereocenters. The number of benzene rings is 3. The molecule has 3 aromatic rings. The highest BCUT2D eigenvalue weighted by atomic mass is 35.5. The van der Waals surface area contributed by atoms with Crippen molar-refractivity contribution in [1.82, 2.24) is 0 Å². The minimum atomic E-state index is -2.08. The standard InChI is InChI=1S/C34H27Cl2FN2O6/c1-2-45-26-16-18(8-15-25(26)40)28-22-13-14-23-27(30(42)38(29(23)41)20-6-4-3-5-7-20)24(22)17-33(35)31(43)39(32(44)34(28,33)36)21-11-9-19(37)10-12-21/h3-13,15-16,23-24,27-28,40H,2,14,17H2,1H3. The van der Waals surface area contributed by atoms with E-state index in [0.717, 1.165) is 17.0 Å². The highest BCUT2D eigenvalue weighted by molar-refractivity contribution is 6.58. The van der Waals surface area contributed by atoms with E-state index in [4.69, 9.17) is 27.9 Å². The zero-order valence-electron chi connectivity index (χ0n) is 24.0. The number of phenolic OH excluding ortho intramolecular Hbond substituents is 1. The number of anilines is 2. The van der Waals surface area contributed by atoms with E-state index in [9.17, 15) is 28.7 Å². The van der Waals surface area contributed by atoms with Gasteiger partial charge < -0.3 is 9.84 Å². The first-order valence-electron chi connectivity index (χ1n) is 14.6. The molecule has 8 nitrogen and oxygen atoms in total. The molecular weight excluding hydrogens is 622 g/mol. The molecule has 2 aliphatic carbocycles. The van der Waals surface area contributed by atoms with Crippen LogP contribution in [0.3, 0.4) is 0 Å². The number of allylic oxidation sites excluding steroid dienone is 2. The van der Waals surface area contributed by atoms with Crippen LogP contribution < -0.4 is 14.5 Å². The molecule has 11 heteroatoms. The molecule has 230 valence electrons. The van der Waals surface area contributed by atoms with E-state index < -0.39 is 57.0 Å². The molecule has 2 heterocycles. The Morgan fingerprint density at radius 2 is 1.58 bits per heavy atom. The summed E-state index contributed by atoms with van der Waals surface area (Å²) in [5.74, 6) is -6.25. The van der Waals surface area contributed by atoms with Gasteiger partial charge in [0.15, 0.2) is 21.2 Å². The molecule has 3 fully saturated rings. The zero-order valence-corrected chi connectivity index (χ0v) is 25.5. The van der Waals surface area contributed by atoms with E-state index in [1.165, 1.54) is 23.1 Å². The minimum Gasteiger partial charge on any atom is -0.504 e. The summed E-state index contributed by atoms with van der Waals surface area (Å²) in [6.45, 7) is 1.99. The van der Waals surface area contributed by atoms with Gasteiger partial charge in [-0.1, -0.05) is 35.9 Å². The maximum absolute atomic E-state index is 14.4. The van der Waals surface area contributed by atoms with Crippen LogP contribution in [0.15, 0.2) is 84.4 Å². The Morgan fingerprint density at radius 1 is 0.889 bits per heavy atom. The Labute approximate surface area is 268 Å². The Kier molecular flexibility index (Phi) is 6.83. The van der Waals surface area contributed by atoms with E-state index >= 15 is 0 Å². The molecule has 0 bridgehead atoms. The second-order valence-electron chi connectivity index (χ2n) is 11.8. The molecule has 45 heavy (non-hydrogen) atoms. The smallest absolute Gasteiger partial charge is 0.258 e. The monoisotopic (exact) mass is 648 g/mol. The number of rotatable bonds is 5. The largest absolute Gasteiger partial charge is 0.504 e. The molecular formula is C34H27Cl2FN2O6. The molecule has 4 aliphatic rings. The van der Waals surface area contributed by atoms with Gasteiger partial charge in [-0.2, -0.15) is 0 Å². The summed E-state index contributed by atoms with van der Waals surface area (Å²) in [7, 11) is 0. The Bertz CT molecular complexity index is 1800. The zero-order chi connectivity index (χ0) is 31.8. The van der Waals surface area contributed by atoms with Crippen LogP contribution in [-0.4, -0.2) is 45.1 Å². The third-order valence-electron chi connectivity index (χ3n) is 9.53. The number of fused-ring (bicyclic) bond motifs is 4. The van der Waals surface area contributed by atoms with Crippen molar-refractivity contribution in [1.29, 1.82) is 0 Å². The molecule has 1 saturated carbocycles. The highest BCUT2D eigenvalue weighted by Gasteiger charge is 2.76. The number of aromatic hydroxyl groups is 1. The van der Waals surface area contributed by atoms with Crippen LogP contribution >= 0.6 is 23.2 Å². The fourth-order valence-electron chi connectivity index (χ4n) is 7.59. The van der Waals surface area contributed by atoms with E-state index in [-0.39, 0.29) is 42.5 Å². The number of hydrogen-bond donors (Lipinski definition) is 1. The lowest BCUT2D eigenvalue weighted by molar-refractivity contribution is -0.125. The van der Waals surface area contributed by atoms with Crippen molar-refractivity contribution in [2.75, 3.05) is 16.4 Å². The summed E-state index contributed by atoms with van der Waals surface area (Å²) in [4.78, 5) is 54.5. The van der Waals surface area contributed by atoms with E-state index in [1.54, 1.807) is 49.4 Å². The molecule has 2 aliphatic heterocycles. The fraction of sp³-hybridized carbons (Fsp3) is 0.294. The van der Waals surface area contributed by atoms with Gasteiger partial charge in [-0.25, -0.2) is 9.29 Å². The molecule has 4 amide bonds. The second-order valence-corrected chi connectivity index (χ2v) is 13.0.